The number of carbonyl (C=O) groups excluding carboxylic acids is 1. The molecular formula is C22H17FN4O. The Balaban J connectivity index is 1.47. The first-order valence-electron chi connectivity index (χ1n) is 8.76. The van der Waals surface area contributed by atoms with Crippen LogP contribution in [0.25, 0.3) is 10.9 Å². The van der Waals surface area contributed by atoms with Gasteiger partial charge in [0.25, 0.3) is 5.91 Å². The van der Waals surface area contributed by atoms with Crippen LogP contribution in [0.5, 0.6) is 0 Å². The van der Waals surface area contributed by atoms with Gasteiger partial charge in [-0.1, -0.05) is 18.2 Å². The zero-order valence-corrected chi connectivity index (χ0v) is 14.9. The average molecular weight is 372 g/mol. The van der Waals surface area contributed by atoms with E-state index in [1.807, 2.05) is 36.5 Å². The molecule has 1 amide bonds. The molecule has 6 heteroatoms. The first-order valence-corrected chi connectivity index (χ1v) is 8.76. The monoisotopic (exact) mass is 372 g/mol. The molecule has 2 aromatic heterocycles. The maximum absolute atomic E-state index is 13.4. The summed E-state index contributed by atoms with van der Waals surface area (Å²) in [6.07, 6.45) is 6.66. The maximum Gasteiger partial charge on any atom is 0.272 e. The Labute approximate surface area is 161 Å². The molecule has 1 N–H and O–H groups in total. The number of nitrogens with zero attached hydrogens (tertiary/aromatic N) is 3. The highest BCUT2D eigenvalue weighted by molar-refractivity contribution is 5.95. The number of halogens is 1. The van der Waals surface area contributed by atoms with Gasteiger partial charge in [-0.2, -0.15) is 5.10 Å². The van der Waals surface area contributed by atoms with Crippen molar-refractivity contribution in [2.75, 3.05) is 0 Å². The molecule has 0 saturated heterocycles. The van der Waals surface area contributed by atoms with E-state index in [2.05, 4.69) is 20.1 Å². The van der Waals surface area contributed by atoms with Gasteiger partial charge in [0.05, 0.1) is 11.8 Å². The van der Waals surface area contributed by atoms with Crippen molar-refractivity contribution in [3.63, 3.8) is 0 Å². The van der Waals surface area contributed by atoms with Crippen LogP contribution in [-0.4, -0.2) is 21.7 Å². The molecule has 28 heavy (non-hydrogen) atoms. The van der Waals surface area contributed by atoms with Crippen molar-refractivity contribution in [3.05, 3.63) is 102 Å². The van der Waals surface area contributed by atoms with Crippen LogP contribution in [0.3, 0.4) is 0 Å². The zero-order valence-electron chi connectivity index (χ0n) is 14.9. The van der Waals surface area contributed by atoms with Crippen LogP contribution >= 0.6 is 0 Å². The van der Waals surface area contributed by atoms with Crippen LogP contribution in [0.15, 0.2) is 84.4 Å². The van der Waals surface area contributed by atoms with Gasteiger partial charge in [0.1, 0.15) is 5.82 Å². The molecular weight excluding hydrogens is 355 g/mol. The van der Waals surface area contributed by atoms with Crippen LogP contribution < -0.4 is 5.43 Å². The van der Waals surface area contributed by atoms with Gasteiger partial charge < -0.3 is 4.57 Å². The van der Waals surface area contributed by atoms with E-state index in [1.165, 1.54) is 18.3 Å². The Morgan fingerprint density at radius 3 is 2.89 bits per heavy atom. The number of nitrogens with one attached hydrogen (secondary N) is 1. The van der Waals surface area contributed by atoms with E-state index in [-0.39, 0.29) is 11.7 Å². The van der Waals surface area contributed by atoms with Crippen molar-refractivity contribution in [1.29, 1.82) is 0 Å². The number of aromatic nitrogens is 2. The summed E-state index contributed by atoms with van der Waals surface area (Å²) in [6, 6.07) is 17.9. The lowest BCUT2D eigenvalue weighted by atomic mass is 10.1. The van der Waals surface area contributed by atoms with E-state index in [0.717, 1.165) is 22.0 Å². The average Bonchev–Trinajstić information content (AvgIpc) is 3.10. The second-order valence-electron chi connectivity index (χ2n) is 6.33. The molecule has 0 radical (unpaired) electrons. The van der Waals surface area contributed by atoms with Crippen LogP contribution in [0.2, 0.25) is 0 Å². The number of benzene rings is 2. The standard InChI is InChI=1S/C22H17FN4O/c23-20-5-1-3-17(12-20)15-27-10-8-18-11-16(6-7-21(18)27)13-25-26-22(28)19-4-2-9-24-14-19/h1-14H,15H2,(H,26,28). The van der Waals surface area contributed by atoms with Gasteiger partial charge in [0.2, 0.25) is 0 Å². The van der Waals surface area contributed by atoms with Crippen molar-refractivity contribution >= 4 is 23.0 Å². The van der Waals surface area contributed by atoms with E-state index in [9.17, 15) is 9.18 Å². The van der Waals surface area contributed by atoms with Gasteiger partial charge in [-0.15, -0.1) is 0 Å². The highest BCUT2D eigenvalue weighted by atomic mass is 19.1. The Morgan fingerprint density at radius 1 is 1.14 bits per heavy atom. The van der Waals surface area contributed by atoms with Gasteiger partial charge in [-0.05, 0) is 53.6 Å². The zero-order chi connectivity index (χ0) is 19.3. The minimum atomic E-state index is -0.313. The third-order valence-electron chi connectivity index (χ3n) is 4.34. The predicted molar refractivity (Wildman–Crippen MR) is 107 cm³/mol. The van der Waals surface area contributed by atoms with E-state index < -0.39 is 0 Å². The fraction of sp³-hybridized carbons (Fsp3) is 0.0455. The van der Waals surface area contributed by atoms with Crippen molar-refractivity contribution < 1.29 is 9.18 Å². The molecule has 2 heterocycles. The van der Waals surface area contributed by atoms with E-state index in [1.54, 1.807) is 30.6 Å². The lowest BCUT2D eigenvalue weighted by molar-refractivity contribution is 0.0955. The molecule has 5 nitrogen and oxygen atoms in total. The normalized spacial score (nSPS) is 11.2. The minimum Gasteiger partial charge on any atom is -0.343 e. The summed E-state index contributed by atoms with van der Waals surface area (Å²) in [6.45, 7) is 0.593. The second kappa shape index (κ2) is 7.84. The molecule has 0 aliphatic rings. The molecule has 0 spiro atoms. The predicted octanol–water partition coefficient (Wildman–Crippen LogP) is 3.99. The Bertz CT molecular complexity index is 1150. The Kier molecular flexibility index (Phi) is 4.93. The van der Waals surface area contributed by atoms with Gasteiger partial charge in [0, 0.05) is 36.0 Å². The maximum atomic E-state index is 13.4. The largest absolute Gasteiger partial charge is 0.343 e. The van der Waals surface area contributed by atoms with Gasteiger partial charge in [0.15, 0.2) is 0 Å². The molecule has 0 aliphatic carbocycles. The van der Waals surface area contributed by atoms with Gasteiger partial charge in [-0.25, -0.2) is 9.82 Å². The number of hydrazone groups is 1. The smallest absolute Gasteiger partial charge is 0.272 e. The minimum absolute atomic E-state index is 0.235. The highest BCUT2D eigenvalue weighted by Gasteiger charge is 2.05. The van der Waals surface area contributed by atoms with Crippen molar-refractivity contribution in [2.24, 2.45) is 5.10 Å². The Morgan fingerprint density at radius 2 is 2.07 bits per heavy atom. The molecule has 4 rings (SSSR count). The topological polar surface area (TPSA) is 59.3 Å². The molecule has 0 atom stereocenters. The lowest BCUT2D eigenvalue weighted by Crippen LogP contribution is -2.17. The number of hydrogen-bond donors (Lipinski definition) is 1. The van der Waals surface area contributed by atoms with Crippen LogP contribution in [-0.2, 0) is 6.54 Å². The number of amides is 1. The highest BCUT2D eigenvalue weighted by Crippen LogP contribution is 2.19. The summed E-state index contributed by atoms with van der Waals surface area (Å²) in [4.78, 5) is 15.9. The SMILES string of the molecule is O=C(NN=Cc1ccc2c(ccn2Cc2cccc(F)c2)c1)c1cccnc1. The first-order chi connectivity index (χ1) is 13.7. The number of pyridine rings is 1. The van der Waals surface area contributed by atoms with Crippen molar-refractivity contribution in [1.82, 2.24) is 15.0 Å². The van der Waals surface area contributed by atoms with E-state index in [0.29, 0.717) is 12.1 Å². The summed E-state index contributed by atoms with van der Waals surface area (Å²) in [5.41, 5.74) is 5.75. The molecule has 138 valence electrons. The fourth-order valence-corrected chi connectivity index (χ4v) is 3.00. The summed E-state index contributed by atoms with van der Waals surface area (Å²) in [5.74, 6) is -0.549. The number of fused-ring (bicyclic) bond motifs is 1. The molecule has 0 aliphatic heterocycles. The van der Waals surface area contributed by atoms with Gasteiger partial charge in [-0.3, -0.25) is 9.78 Å². The summed E-state index contributed by atoms with van der Waals surface area (Å²) in [5, 5.41) is 5.05. The van der Waals surface area contributed by atoms with Crippen molar-refractivity contribution in [2.45, 2.75) is 6.54 Å². The van der Waals surface area contributed by atoms with E-state index in [4.69, 9.17) is 0 Å². The molecule has 0 unspecified atom stereocenters. The molecule has 0 bridgehead atoms. The second-order valence-corrected chi connectivity index (χ2v) is 6.33. The van der Waals surface area contributed by atoms with Crippen molar-refractivity contribution in [3.8, 4) is 0 Å². The number of rotatable bonds is 5. The van der Waals surface area contributed by atoms with Crippen LogP contribution in [0.4, 0.5) is 4.39 Å². The third-order valence-corrected chi connectivity index (χ3v) is 4.34. The lowest BCUT2D eigenvalue weighted by Gasteiger charge is -2.06. The summed E-state index contributed by atoms with van der Waals surface area (Å²) >= 11 is 0. The molecule has 2 aromatic carbocycles. The molecule has 4 aromatic rings. The number of carbonyl (C=O) groups is 1. The summed E-state index contributed by atoms with van der Waals surface area (Å²) < 4.78 is 15.5. The fourth-order valence-electron chi connectivity index (χ4n) is 3.00. The van der Waals surface area contributed by atoms with Crippen LogP contribution in [0.1, 0.15) is 21.5 Å². The molecule has 0 fully saturated rings. The third kappa shape index (κ3) is 3.96. The summed E-state index contributed by atoms with van der Waals surface area (Å²) in [7, 11) is 0. The first kappa shape index (κ1) is 17.6. The van der Waals surface area contributed by atoms with Crippen LogP contribution in [0, 0.1) is 5.82 Å². The molecule has 0 saturated carbocycles. The van der Waals surface area contributed by atoms with Gasteiger partial charge >= 0.3 is 0 Å². The quantitative estimate of drug-likeness (QED) is 0.425. The van der Waals surface area contributed by atoms with E-state index >= 15 is 0 Å². The number of hydrogen-bond acceptors (Lipinski definition) is 3. The Hall–Kier alpha value is -3.80.